The Balaban J connectivity index is 1.67. The first-order valence-electron chi connectivity index (χ1n) is 9.85. The van der Waals surface area contributed by atoms with E-state index < -0.39 is 5.97 Å². The highest BCUT2D eigenvalue weighted by Gasteiger charge is 2.31. The molecule has 2 aliphatic rings. The predicted octanol–water partition coefficient (Wildman–Crippen LogP) is 4.13. The number of esters is 2. The Bertz CT molecular complexity index is 802. The number of methoxy groups -OCH3 is 1. The summed E-state index contributed by atoms with van der Waals surface area (Å²) in [7, 11) is 1.55. The number of carbonyl (C=O) groups excluding carboxylic acids is 2. The van der Waals surface area contributed by atoms with Crippen LogP contribution in [0.4, 0.5) is 0 Å². The fourth-order valence-electron chi connectivity index (χ4n) is 3.96. The molecule has 1 fully saturated rings. The molecule has 1 aromatic carbocycles. The van der Waals surface area contributed by atoms with Gasteiger partial charge in [0, 0.05) is 17.5 Å². The number of allylic oxidation sites excluding steroid dienone is 2. The Morgan fingerprint density at radius 1 is 1.29 bits per heavy atom. The molecular weight excluding hydrogens is 360 g/mol. The van der Waals surface area contributed by atoms with Crippen molar-refractivity contribution < 1.29 is 28.9 Å². The first kappa shape index (κ1) is 20.2. The number of rotatable bonds is 7. The van der Waals surface area contributed by atoms with Crippen LogP contribution < -0.4 is 4.74 Å². The topological polar surface area (TPSA) is 82.1 Å². The average molecular weight is 388 g/mol. The van der Waals surface area contributed by atoms with Crippen LogP contribution in [-0.4, -0.2) is 30.3 Å². The van der Waals surface area contributed by atoms with E-state index in [2.05, 4.69) is 0 Å². The van der Waals surface area contributed by atoms with Gasteiger partial charge in [-0.2, -0.15) is 0 Å². The standard InChI is InChI=1S/C22H28O6/c1-13(9-11-18(23)28-15-6-4-5-7-15)8-10-16-20(24)19-17(12-27-22(19)25)14(2)21(16)26-3/h8,15,24H,4-7,9-12H2,1-3H3. The van der Waals surface area contributed by atoms with E-state index in [4.69, 9.17) is 14.2 Å². The molecule has 1 saturated carbocycles. The van der Waals surface area contributed by atoms with Gasteiger partial charge in [-0.3, -0.25) is 4.79 Å². The van der Waals surface area contributed by atoms with Crippen molar-refractivity contribution in [3.05, 3.63) is 33.9 Å². The normalized spacial score (nSPS) is 16.8. The molecule has 152 valence electrons. The highest BCUT2D eigenvalue weighted by Crippen LogP contribution is 2.42. The third-order valence-electron chi connectivity index (χ3n) is 5.63. The number of hydrogen-bond acceptors (Lipinski definition) is 6. The zero-order valence-electron chi connectivity index (χ0n) is 16.8. The highest BCUT2D eigenvalue weighted by atomic mass is 16.5. The summed E-state index contributed by atoms with van der Waals surface area (Å²) < 4.78 is 16.0. The molecule has 0 radical (unpaired) electrons. The van der Waals surface area contributed by atoms with Crippen molar-refractivity contribution in [2.75, 3.05) is 7.11 Å². The molecule has 6 nitrogen and oxygen atoms in total. The maximum Gasteiger partial charge on any atom is 0.342 e. The molecule has 0 bridgehead atoms. The Hall–Kier alpha value is -2.50. The summed E-state index contributed by atoms with van der Waals surface area (Å²) in [6, 6.07) is 0. The third kappa shape index (κ3) is 4.16. The van der Waals surface area contributed by atoms with Crippen molar-refractivity contribution in [3.8, 4) is 11.5 Å². The van der Waals surface area contributed by atoms with Gasteiger partial charge < -0.3 is 19.3 Å². The van der Waals surface area contributed by atoms with Gasteiger partial charge in [-0.25, -0.2) is 4.79 Å². The molecule has 6 heteroatoms. The first-order chi connectivity index (χ1) is 13.4. The lowest BCUT2D eigenvalue weighted by Crippen LogP contribution is -2.14. The minimum atomic E-state index is -0.505. The number of benzene rings is 1. The molecular formula is C22H28O6. The molecule has 1 aliphatic carbocycles. The smallest absolute Gasteiger partial charge is 0.342 e. The Morgan fingerprint density at radius 3 is 2.68 bits per heavy atom. The highest BCUT2D eigenvalue weighted by molar-refractivity contribution is 5.98. The summed E-state index contributed by atoms with van der Waals surface area (Å²) >= 11 is 0. The number of fused-ring (bicyclic) bond motifs is 1. The van der Waals surface area contributed by atoms with Gasteiger partial charge in [-0.05, 0) is 57.9 Å². The SMILES string of the molecule is COc1c(C)c2c(c(O)c1CC=C(C)CCC(=O)OC1CCCC1)C(=O)OC2. The molecule has 1 N–H and O–H groups in total. The average Bonchev–Trinajstić information content (AvgIpc) is 3.31. The molecule has 0 saturated heterocycles. The van der Waals surface area contributed by atoms with Crippen LogP contribution in [0.15, 0.2) is 11.6 Å². The van der Waals surface area contributed by atoms with Crippen molar-refractivity contribution in [3.63, 3.8) is 0 Å². The summed E-state index contributed by atoms with van der Waals surface area (Å²) in [6.07, 6.45) is 7.60. The lowest BCUT2D eigenvalue weighted by Gasteiger charge is -2.16. The third-order valence-corrected chi connectivity index (χ3v) is 5.63. The number of aromatic hydroxyl groups is 1. The van der Waals surface area contributed by atoms with E-state index in [1.165, 1.54) is 0 Å². The van der Waals surface area contributed by atoms with Gasteiger partial charge in [0.15, 0.2) is 0 Å². The maximum atomic E-state index is 12.0. The van der Waals surface area contributed by atoms with Gasteiger partial charge in [0.2, 0.25) is 0 Å². The van der Waals surface area contributed by atoms with Crippen LogP contribution in [0, 0.1) is 6.92 Å². The zero-order valence-corrected chi connectivity index (χ0v) is 16.8. The van der Waals surface area contributed by atoms with Crippen LogP contribution in [0.1, 0.15) is 72.5 Å². The van der Waals surface area contributed by atoms with E-state index in [0.29, 0.717) is 36.1 Å². The van der Waals surface area contributed by atoms with Gasteiger partial charge in [-0.1, -0.05) is 11.6 Å². The zero-order chi connectivity index (χ0) is 20.3. The number of phenolic OH excluding ortho intramolecular Hbond substituents is 1. The van der Waals surface area contributed by atoms with Gasteiger partial charge in [0.1, 0.15) is 29.8 Å². The molecule has 0 amide bonds. The first-order valence-corrected chi connectivity index (χ1v) is 9.85. The van der Waals surface area contributed by atoms with Crippen LogP contribution >= 0.6 is 0 Å². The Morgan fingerprint density at radius 2 is 2.00 bits per heavy atom. The van der Waals surface area contributed by atoms with Crippen LogP contribution in [0.2, 0.25) is 0 Å². The molecule has 0 spiro atoms. The number of hydrogen-bond donors (Lipinski definition) is 1. The maximum absolute atomic E-state index is 12.0. The van der Waals surface area contributed by atoms with Crippen LogP contribution in [0.25, 0.3) is 0 Å². The van der Waals surface area contributed by atoms with E-state index in [1.807, 2.05) is 19.9 Å². The van der Waals surface area contributed by atoms with Crippen molar-refractivity contribution in [2.45, 2.75) is 71.5 Å². The quantitative estimate of drug-likeness (QED) is 0.559. The number of phenols is 1. The summed E-state index contributed by atoms with van der Waals surface area (Å²) in [5.74, 6) is -0.171. The monoisotopic (exact) mass is 388 g/mol. The molecule has 1 aromatic rings. The van der Waals surface area contributed by atoms with E-state index in [-0.39, 0.29) is 30.0 Å². The predicted molar refractivity (Wildman–Crippen MR) is 104 cm³/mol. The van der Waals surface area contributed by atoms with Gasteiger partial charge >= 0.3 is 11.9 Å². The summed E-state index contributed by atoms with van der Waals surface area (Å²) in [4.78, 5) is 23.9. The second kappa shape index (κ2) is 8.67. The van der Waals surface area contributed by atoms with Crippen molar-refractivity contribution in [2.24, 2.45) is 0 Å². The molecule has 3 rings (SSSR count). The number of ether oxygens (including phenoxy) is 3. The second-order valence-corrected chi connectivity index (χ2v) is 7.57. The van der Waals surface area contributed by atoms with E-state index >= 15 is 0 Å². The van der Waals surface area contributed by atoms with Crippen molar-refractivity contribution >= 4 is 11.9 Å². The summed E-state index contributed by atoms with van der Waals surface area (Å²) in [5.41, 5.74) is 3.30. The Labute approximate surface area is 165 Å². The lowest BCUT2D eigenvalue weighted by atomic mass is 9.94. The van der Waals surface area contributed by atoms with Gasteiger partial charge in [0.25, 0.3) is 0 Å². The number of carbonyl (C=O) groups is 2. The Kier molecular flexibility index (Phi) is 6.27. The van der Waals surface area contributed by atoms with Crippen molar-refractivity contribution in [1.82, 2.24) is 0 Å². The fraction of sp³-hybridized carbons (Fsp3) is 0.545. The van der Waals surface area contributed by atoms with E-state index in [1.54, 1.807) is 7.11 Å². The molecule has 0 unspecified atom stereocenters. The van der Waals surface area contributed by atoms with Gasteiger partial charge in [-0.15, -0.1) is 0 Å². The summed E-state index contributed by atoms with van der Waals surface area (Å²) in [5, 5.41) is 10.6. The molecule has 28 heavy (non-hydrogen) atoms. The number of cyclic esters (lactones) is 1. The summed E-state index contributed by atoms with van der Waals surface area (Å²) in [6.45, 7) is 3.96. The van der Waals surface area contributed by atoms with Crippen LogP contribution in [0.5, 0.6) is 11.5 Å². The second-order valence-electron chi connectivity index (χ2n) is 7.57. The van der Waals surface area contributed by atoms with Crippen molar-refractivity contribution in [1.29, 1.82) is 0 Å². The minimum Gasteiger partial charge on any atom is -0.507 e. The lowest BCUT2D eigenvalue weighted by molar-refractivity contribution is -0.148. The van der Waals surface area contributed by atoms with E-state index in [9.17, 15) is 14.7 Å². The molecule has 1 heterocycles. The van der Waals surface area contributed by atoms with E-state index in [0.717, 1.165) is 36.8 Å². The molecule has 0 atom stereocenters. The van der Waals surface area contributed by atoms with Crippen LogP contribution in [-0.2, 0) is 27.3 Å². The van der Waals surface area contributed by atoms with Gasteiger partial charge in [0.05, 0.1) is 7.11 Å². The fourth-order valence-corrected chi connectivity index (χ4v) is 3.96. The minimum absolute atomic E-state index is 0.0790. The van der Waals surface area contributed by atoms with Crippen LogP contribution in [0.3, 0.4) is 0 Å². The molecule has 0 aromatic heterocycles. The largest absolute Gasteiger partial charge is 0.507 e. The molecule has 1 aliphatic heterocycles.